The first kappa shape index (κ1) is 13.4. The van der Waals surface area contributed by atoms with Crippen molar-refractivity contribution in [1.82, 2.24) is 4.98 Å². The Hall–Kier alpha value is -2.07. The molecule has 1 heterocycles. The number of rotatable bonds is 4. The summed E-state index contributed by atoms with van der Waals surface area (Å²) in [6, 6.07) is 4.79. The van der Waals surface area contributed by atoms with E-state index >= 15 is 0 Å². The van der Waals surface area contributed by atoms with E-state index in [4.69, 9.17) is 0 Å². The Labute approximate surface area is 110 Å². The molecule has 0 spiro atoms. The van der Waals surface area contributed by atoms with Crippen molar-refractivity contribution >= 4 is 31.5 Å². The number of benzene rings is 1. The first-order chi connectivity index (χ1) is 8.90. The molecule has 0 aliphatic rings. The van der Waals surface area contributed by atoms with Gasteiger partial charge in [0.2, 0.25) is 5.13 Å². The summed E-state index contributed by atoms with van der Waals surface area (Å²) >= 11 is 0.545. The highest BCUT2D eigenvalue weighted by atomic mass is 32.2. The molecule has 19 heavy (non-hydrogen) atoms. The van der Waals surface area contributed by atoms with Crippen LogP contribution in [0.15, 0.2) is 35.4 Å². The SMILES string of the molecule is O=[N+]([O-])c1cnc(NS(=O)(=O)c2ccccc2F)s1. The number of nitrogens with zero attached hydrogens (tertiary/aromatic N) is 2. The summed E-state index contributed by atoms with van der Waals surface area (Å²) in [5.41, 5.74) is 0. The summed E-state index contributed by atoms with van der Waals surface area (Å²) in [5, 5.41) is 9.93. The number of aromatic nitrogens is 1. The molecule has 100 valence electrons. The number of hydrogen-bond donors (Lipinski definition) is 1. The lowest BCUT2D eigenvalue weighted by atomic mass is 10.4. The van der Waals surface area contributed by atoms with Gasteiger partial charge in [-0.15, -0.1) is 0 Å². The highest BCUT2D eigenvalue weighted by molar-refractivity contribution is 7.93. The molecule has 0 radical (unpaired) electrons. The molecule has 0 atom stereocenters. The molecule has 1 aromatic heterocycles. The maximum atomic E-state index is 13.4. The van der Waals surface area contributed by atoms with Crippen molar-refractivity contribution < 1.29 is 17.7 Å². The molecule has 7 nitrogen and oxygen atoms in total. The molecule has 0 aliphatic carbocycles. The van der Waals surface area contributed by atoms with E-state index in [1.165, 1.54) is 12.1 Å². The lowest BCUT2D eigenvalue weighted by Crippen LogP contribution is -2.14. The van der Waals surface area contributed by atoms with Crippen LogP contribution in [0, 0.1) is 15.9 Å². The van der Waals surface area contributed by atoms with E-state index in [-0.39, 0.29) is 10.1 Å². The summed E-state index contributed by atoms with van der Waals surface area (Å²) in [5.74, 6) is -0.916. The Morgan fingerprint density at radius 3 is 2.63 bits per heavy atom. The van der Waals surface area contributed by atoms with Gasteiger partial charge in [-0.3, -0.25) is 14.8 Å². The van der Waals surface area contributed by atoms with Crippen molar-refractivity contribution in [2.45, 2.75) is 4.90 Å². The normalized spacial score (nSPS) is 11.2. The van der Waals surface area contributed by atoms with Crippen LogP contribution in [0.4, 0.5) is 14.5 Å². The van der Waals surface area contributed by atoms with Crippen LogP contribution < -0.4 is 4.72 Å². The molecule has 1 aromatic carbocycles. The minimum atomic E-state index is -4.16. The molecule has 1 N–H and O–H groups in total. The fourth-order valence-electron chi connectivity index (χ4n) is 1.23. The lowest BCUT2D eigenvalue weighted by Gasteiger charge is -2.05. The van der Waals surface area contributed by atoms with E-state index in [2.05, 4.69) is 4.98 Å². The molecular formula is C9H6FN3O4S2. The van der Waals surface area contributed by atoms with E-state index in [0.29, 0.717) is 11.3 Å². The maximum Gasteiger partial charge on any atom is 0.345 e. The number of anilines is 1. The molecule has 0 amide bonds. The molecule has 0 aliphatic heterocycles. The van der Waals surface area contributed by atoms with E-state index in [0.717, 1.165) is 18.3 Å². The third-order valence-corrected chi connectivity index (χ3v) is 4.39. The van der Waals surface area contributed by atoms with Crippen molar-refractivity contribution in [3.05, 3.63) is 46.4 Å². The van der Waals surface area contributed by atoms with Crippen LogP contribution in [0.3, 0.4) is 0 Å². The Balaban J connectivity index is 2.31. The minimum absolute atomic E-state index is 0.199. The van der Waals surface area contributed by atoms with Crippen LogP contribution in [0.25, 0.3) is 0 Å². The van der Waals surface area contributed by atoms with Gasteiger partial charge in [0.1, 0.15) is 16.9 Å². The van der Waals surface area contributed by atoms with Gasteiger partial charge in [0.15, 0.2) is 0 Å². The Kier molecular flexibility index (Phi) is 3.44. The monoisotopic (exact) mass is 303 g/mol. The summed E-state index contributed by atoms with van der Waals surface area (Å²) in [6.07, 6.45) is 0.921. The molecule has 0 bridgehead atoms. The van der Waals surface area contributed by atoms with E-state index in [9.17, 15) is 22.9 Å². The van der Waals surface area contributed by atoms with E-state index < -0.39 is 25.7 Å². The van der Waals surface area contributed by atoms with Gasteiger partial charge < -0.3 is 0 Å². The average molecular weight is 303 g/mol. The number of thiazole rings is 1. The van der Waals surface area contributed by atoms with Crippen LogP contribution in [0.1, 0.15) is 0 Å². The van der Waals surface area contributed by atoms with Gasteiger partial charge >= 0.3 is 5.00 Å². The van der Waals surface area contributed by atoms with Gasteiger partial charge in [-0.1, -0.05) is 12.1 Å². The largest absolute Gasteiger partial charge is 0.345 e. The van der Waals surface area contributed by atoms with Gasteiger partial charge in [-0.2, -0.15) is 0 Å². The fourth-order valence-corrected chi connectivity index (χ4v) is 3.18. The van der Waals surface area contributed by atoms with Crippen LogP contribution >= 0.6 is 11.3 Å². The standard InChI is InChI=1S/C9H6FN3O4S2/c10-6-3-1-2-4-7(6)19(16,17)12-9-11-5-8(18-9)13(14)15/h1-5H,(H,11,12). The quantitative estimate of drug-likeness (QED) is 0.687. The van der Waals surface area contributed by atoms with Crippen molar-refractivity contribution in [1.29, 1.82) is 0 Å². The predicted molar refractivity (Wildman–Crippen MR) is 66.0 cm³/mol. The van der Waals surface area contributed by atoms with Crippen molar-refractivity contribution in [2.75, 3.05) is 4.72 Å². The van der Waals surface area contributed by atoms with Gasteiger partial charge in [-0.25, -0.2) is 17.8 Å². The van der Waals surface area contributed by atoms with Crippen LogP contribution in [0.2, 0.25) is 0 Å². The molecule has 2 rings (SSSR count). The Morgan fingerprint density at radius 2 is 2.05 bits per heavy atom. The third kappa shape index (κ3) is 2.85. The van der Waals surface area contributed by atoms with Gasteiger partial charge in [-0.05, 0) is 23.5 Å². The average Bonchev–Trinajstić information content (AvgIpc) is 2.77. The van der Waals surface area contributed by atoms with Crippen molar-refractivity contribution in [2.24, 2.45) is 0 Å². The first-order valence-corrected chi connectivity index (χ1v) is 7.08. The summed E-state index contributed by atoms with van der Waals surface area (Å²) in [4.78, 5) is 12.7. The van der Waals surface area contributed by atoms with E-state index in [1.54, 1.807) is 0 Å². The highest BCUT2D eigenvalue weighted by Crippen LogP contribution is 2.27. The second-order valence-electron chi connectivity index (χ2n) is 3.30. The van der Waals surface area contributed by atoms with Gasteiger partial charge in [0.25, 0.3) is 10.0 Å². The second kappa shape index (κ2) is 4.90. The topological polar surface area (TPSA) is 102 Å². The molecule has 0 fully saturated rings. The number of nitrogens with one attached hydrogen (secondary N) is 1. The lowest BCUT2D eigenvalue weighted by molar-refractivity contribution is -0.380. The zero-order valence-corrected chi connectivity index (χ0v) is 10.7. The number of nitro groups is 1. The molecule has 2 aromatic rings. The summed E-state index contributed by atoms with van der Waals surface area (Å²) < 4.78 is 39.1. The van der Waals surface area contributed by atoms with Gasteiger partial charge in [0, 0.05) is 0 Å². The zero-order valence-electron chi connectivity index (χ0n) is 9.11. The molecule has 0 saturated heterocycles. The first-order valence-electron chi connectivity index (χ1n) is 4.78. The molecule has 10 heteroatoms. The highest BCUT2D eigenvalue weighted by Gasteiger charge is 2.21. The van der Waals surface area contributed by atoms with Crippen molar-refractivity contribution in [3.8, 4) is 0 Å². The summed E-state index contributed by atoms with van der Waals surface area (Å²) in [7, 11) is -4.16. The number of hydrogen-bond acceptors (Lipinski definition) is 6. The molecular weight excluding hydrogens is 297 g/mol. The third-order valence-electron chi connectivity index (χ3n) is 2.02. The number of sulfonamides is 1. The Morgan fingerprint density at radius 1 is 1.37 bits per heavy atom. The van der Waals surface area contributed by atoms with Gasteiger partial charge in [0.05, 0.1) is 4.92 Å². The Bertz CT molecular complexity index is 729. The molecule has 0 saturated carbocycles. The van der Waals surface area contributed by atoms with Crippen LogP contribution in [0.5, 0.6) is 0 Å². The second-order valence-corrected chi connectivity index (χ2v) is 5.96. The smallest absolute Gasteiger partial charge is 0.257 e. The predicted octanol–water partition coefficient (Wildman–Crippen LogP) is 1.99. The minimum Gasteiger partial charge on any atom is -0.257 e. The van der Waals surface area contributed by atoms with E-state index in [1.807, 2.05) is 4.72 Å². The fraction of sp³-hybridized carbons (Fsp3) is 0. The van der Waals surface area contributed by atoms with Crippen LogP contribution in [-0.2, 0) is 10.0 Å². The number of halogens is 1. The summed E-state index contributed by atoms with van der Waals surface area (Å²) in [6.45, 7) is 0. The molecule has 0 unspecified atom stereocenters. The van der Waals surface area contributed by atoms with Crippen LogP contribution in [-0.4, -0.2) is 18.3 Å². The van der Waals surface area contributed by atoms with Crippen molar-refractivity contribution in [3.63, 3.8) is 0 Å². The maximum absolute atomic E-state index is 13.4. The zero-order chi connectivity index (χ0) is 14.0.